The van der Waals surface area contributed by atoms with E-state index in [-0.39, 0.29) is 17.7 Å². The van der Waals surface area contributed by atoms with Crippen LogP contribution in [-0.2, 0) is 14.3 Å². The zero-order valence-electron chi connectivity index (χ0n) is 12.0. The molecule has 0 aliphatic carbocycles. The number of anilines is 1. The maximum Gasteiger partial charge on any atom is 0.338 e. The van der Waals surface area contributed by atoms with E-state index in [1.165, 1.54) is 12.1 Å². The smallest absolute Gasteiger partial charge is 0.338 e. The van der Waals surface area contributed by atoms with Gasteiger partial charge in [0.1, 0.15) is 11.7 Å². The molecule has 8 nitrogen and oxygen atoms in total. The molecule has 0 aromatic heterocycles. The van der Waals surface area contributed by atoms with Gasteiger partial charge in [-0.3, -0.25) is 14.5 Å². The van der Waals surface area contributed by atoms with E-state index in [0.29, 0.717) is 0 Å². The van der Waals surface area contributed by atoms with Crippen LogP contribution in [0.25, 0.3) is 0 Å². The van der Waals surface area contributed by atoms with Gasteiger partial charge in [-0.1, -0.05) is 0 Å². The van der Waals surface area contributed by atoms with Gasteiger partial charge in [0.15, 0.2) is 0 Å². The number of esters is 2. The van der Waals surface area contributed by atoms with Gasteiger partial charge in [-0.25, -0.2) is 9.59 Å². The van der Waals surface area contributed by atoms with E-state index in [0.717, 1.165) is 20.3 Å². The lowest BCUT2D eigenvalue weighted by Crippen LogP contribution is -2.31. The molecule has 0 aliphatic heterocycles. The summed E-state index contributed by atoms with van der Waals surface area (Å²) in [5, 5.41) is 13.6. The lowest BCUT2D eigenvalue weighted by molar-refractivity contribution is -0.384. The second kappa shape index (κ2) is 7.91. The molecule has 1 rings (SSSR count). The largest absolute Gasteiger partial charge is 0.467 e. The highest BCUT2D eigenvalue weighted by atomic mass is 19.1. The van der Waals surface area contributed by atoms with Crippen molar-refractivity contribution in [3.8, 4) is 0 Å². The second-order valence-electron chi connectivity index (χ2n) is 4.18. The monoisotopic (exact) mass is 314 g/mol. The van der Waals surface area contributed by atoms with Gasteiger partial charge in [-0.05, 0) is 12.1 Å². The third-order valence-corrected chi connectivity index (χ3v) is 2.83. The number of nitro benzene ring substituents is 1. The van der Waals surface area contributed by atoms with Gasteiger partial charge < -0.3 is 14.8 Å². The van der Waals surface area contributed by atoms with E-state index < -0.39 is 35.3 Å². The minimum absolute atomic E-state index is 0.0140. The van der Waals surface area contributed by atoms with Crippen molar-refractivity contribution in [1.29, 1.82) is 0 Å². The van der Waals surface area contributed by atoms with Crippen LogP contribution in [0.1, 0.15) is 16.8 Å². The Balaban J connectivity index is 3.14. The molecule has 22 heavy (non-hydrogen) atoms. The van der Waals surface area contributed by atoms with Crippen molar-refractivity contribution in [2.45, 2.75) is 12.5 Å². The van der Waals surface area contributed by atoms with E-state index >= 15 is 0 Å². The summed E-state index contributed by atoms with van der Waals surface area (Å²) in [5.41, 5.74) is -0.475. The van der Waals surface area contributed by atoms with Gasteiger partial charge in [0.05, 0.1) is 31.4 Å². The Hall–Kier alpha value is -2.71. The molecule has 0 saturated carbocycles. The van der Waals surface area contributed by atoms with Crippen LogP contribution in [0, 0.1) is 10.1 Å². The SMILES string of the molecule is COC(=O)c1ccc(NC(CCF)C(=O)OC)c([N+](=O)[O-])c1. The van der Waals surface area contributed by atoms with Crippen LogP contribution in [0.15, 0.2) is 18.2 Å². The second-order valence-corrected chi connectivity index (χ2v) is 4.18. The van der Waals surface area contributed by atoms with Gasteiger partial charge in [-0.2, -0.15) is 0 Å². The van der Waals surface area contributed by atoms with Crippen LogP contribution < -0.4 is 5.32 Å². The molecular weight excluding hydrogens is 299 g/mol. The number of methoxy groups -OCH3 is 2. The highest BCUT2D eigenvalue weighted by molar-refractivity contribution is 5.91. The molecule has 1 unspecified atom stereocenters. The Morgan fingerprint density at radius 3 is 2.55 bits per heavy atom. The summed E-state index contributed by atoms with van der Waals surface area (Å²) in [7, 11) is 2.28. The summed E-state index contributed by atoms with van der Waals surface area (Å²) >= 11 is 0. The Kier molecular flexibility index (Phi) is 6.24. The van der Waals surface area contributed by atoms with Gasteiger partial charge in [-0.15, -0.1) is 0 Å². The van der Waals surface area contributed by atoms with Crippen molar-refractivity contribution < 1.29 is 28.4 Å². The van der Waals surface area contributed by atoms with E-state index in [4.69, 9.17) is 0 Å². The molecule has 0 bridgehead atoms. The molecule has 0 radical (unpaired) electrons. The quantitative estimate of drug-likeness (QED) is 0.463. The maximum atomic E-state index is 12.5. The van der Waals surface area contributed by atoms with Crippen LogP contribution in [0.5, 0.6) is 0 Å². The van der Waals surface area contributed by atoms with Gasteiger partial charge in [0.2, 0.25) is 0 Å². The number of nitrogens with zero attached hydrogens (tertiary/aromatic N) is 1. The molecule has 0 aliphatic rings. The van der Waals surface area contributed by atoms with Crippen molar-refractivity contribution in [1.82, 2.24) is 0 Å². The molecule has 1 N–H and O–H groups in total. The van der Waals surface area contributed by atoms with E-state index in [9.17, 15) is 24.1 Å². The summed E-state index contributed by atoms with van der Waals surface area (Å²) in [6, 6.07) is 2.49. The van der Waals surface area contributed by atoms with Crippen LogP contribution in [0.3, 0.4) is 0 Å². The van der Waals surface area contributed by atoms with E-state index in [1.54, 1.807) is 0 Å². The zero-order chi connectivity index (χ0) is 16.7. The number of nitro groups is 1. The molecule has 0 spiro atoms. The maximum absolute atomic E-state index is 12.5. The van der Waals surface area contributed by atoms with Crippen molar-refractivity contribution >= 4 is 23.3 Å². The predicted molar refractivity (Wildman–Crippen MR) is 74.5 cm³/mol. The molecule has 0 fully saturated rings. The number of hydrogen-bond donors (Lipinski definition) is 1. The average Bonchev–Trinajstić information content (AvgIpc) is 2.52. The first-order chi connectivity index (χ1) is 10.4. The number of benzene rings is 1. The number of carbonyl (C=O) groups excluding carboxylic acids is 2. The van der Waals surface area contributed by atoms with Crippen molar-refractivity contribution in [2.75, 3.05) is 26.2 Å². The first-order valence-corrected chi connectivity index (χ1v) is 6.21. The number of carbonyl (C=O) groups is 2. The van der Waals surface area contributed by atoms with Crippen molar-refractivity contribution in [2.24, 2.45) is 0 Å². The van der Waals surface area contributed by atoms with E-state index in [2.05, 4.69) is 14.8 Å². The number of rotatable bonds is 7. The third kappa shape index (κ3) is 4.14. The molecule has 0 saturated heterocycles. The predicted octanol–water partition coefficient (Wildman–Crippen LogP) is 1.69. The van der Waals surface area contributed by atoms with Crippen molar-refractivity contribution in [3.63, 3.8) is 0 Å². The summed E-state index contributed by atoms with van der Waals surface area (Å²) in [4.78, 5) is 33.3. The number of halogens is 1. The van der Waals surface area contributed by atoms with E-state index in [1.807, 2.05) is 0 Å². The summed E-state index contributed by atoms with van der Waals surface area (Å²) < 4.78 is 21.5. The Bertz CT molecular complexity index is 578. The lowest BCUT2D eigenvalue weighted by atomic mass is 10.1. The molecule has 120 valence electrons. The minimum atomic E-state index is -1.07. The van der Waals surface area contributed by atoms with Gasteiger partial charge in [0, 0.05) is 12.5 Å². The van der Waals surface area contributed by atoms with Crippen LogP contribution in [-0.4, -0.2) is 43.8 Å². The number of nitrogens with one attached hydrogen (secondary N) is 1. The number of ether oxygens (including phenoxy) is 2. The summed E-state index contributed by atoms with van der Waals surface area (Å²) in [5.74, 6) is -1.48. The fourth-order valence-corrected chi connectivity index (χ4v) is 1.74. The minimum Gasteiger partial charge on any atom is -0.467 e. The Labute approximate surface area is 125 Å². The average molecular weight is 314 g/mol. The van der Waals surface area contributed by atoms with Gasteiger partial charge >= 0.3 is 11.9 Å². The normalized spacial score (nSPS) is 11.4. The molecule has 0 heterocycles. The zero-order valence-corrected chi connectivity index (χ0v) is 12.0. The van der Waals surface area contributed by atoms with Crippen LogP contribution >= 0.6 is 0 Å². The first-order valence-electron chi connectivity index (χ1n) is 6.21. The highest BCUT2D eigenvalue weighted by Gasteiger charge is 2.24. The molecule has 1 aromatic carbocycles. The lowest BCUT2D eigenvalue weighted by Gasteiger charge is -2.16. The fourth-order valence-electron chi connectivity index (χ4n) is 1.74. The molecule has 0 amide bonds. The Morgan fingerprint density at radius 1 is 1.36 bits per heavy atom. The highest BCUT2D eigenvalue weighted by Crippen LogP contribution is 2.27. The van der Waals surface area contributed by atoms with Crippen molar-refractivity contribution in [3.05, 3.63) is 33.9 Å². The topological polar surface area (TPSA) is 108 Å². The summed E-state index contributed by atoms with van der Waals surface area (Å²) in [6.07, 6.45) is -0.206. The fraction of sp³-hybridized carbons (Fsp3) is 0.385. The summed E-state index contributed by atoms with van der Waals surface area (Å²) in [6.45, 7) is -0.805. The molecule has 1 aromatic rings. The molecular formula is C13H15FN2O6. The van der Waals surface area contributed by atoms with Gasteiger partial charge in [0.25, 0.3) is 5.69 Å². The molecule has 9 heteroatoms. The molecule has 1 atom stereocenters. The first kappa shape index (κ1) is 17.3. The standard InChI is InChI=1S/C13H15FN2O6/c1-21-12(17)8-3-4-9(11(7-8)16(19)20)15-10(5-6-14)13(18)22-2/h3-4,7,10,15H,5-6H2,1-2H3. The Morgan fingerprint density at radius 2 is 2.05 bits per heavy atom. The number of alkyl halides is 1. The van der Waals surface area contributed by atoms with Crippen LogP contribution in [0.4, 0.5) is 15.8 Å². The third-order valence-electron chi connectivity index (χ3n) is 2.83. The number of hydrogen-bond acceptors (Lipinski definition) is 7. The van der Waals surface area contributed by atoms with Crippen LogP contribution in [0.2, 0.25) is 0 Å².